The van der Waals surface area contributed by atoms with Crippen LogP contribution in [-0.4, -0.2) is 24.9 Å². The molecule has 0 aromatic heterocycles. The van der Waals surface area contributed by atoms with Crippen LogP contribution in [0, 0.1) is 11.8 Å². The summed E-state index contributed by atoms with van der Waals surface area (Å²) >= 11 is 0. The number of ether oxygens (including phenoxy) is 1. The number of hydrogen-bond donors (Lipinski definition) is 1. The molecule has 17 heavy (non-hydrogen) atoms. The van der Waals surface area contributed by atoms with Crippen molar-refractivity contribution in [2.24, 2.45) is 11.8 Å². The maximum atomic E-state index is 8.86. The van der Waals surface area contributed by atoms with Gasteiger partial charge in [-0.25, -0.2) is 0 Å². The lowest BCUT2D eigenvalue weighted by Crippen LogP contribution is -2.03. The quantitative estimate of drug-likeness (QED) is 0.467. The highest BCUT2D eigenvalue weighted by Gasteiger charge is 2.06. The van der Waals surface area contributed by atoms with Crippen LogP contribution in [-0.2, 0) is 4.74 Å². The Balaban J connectivity index is 3.82. The van der Waals surface area contributed by atoms with Gasteiger partial charge >= 0.3 is 0 Å². The van der Waals surface area contributed by atoms with Crippen molar-refractivity contribution in [2.75, 3.05) is 19.8 Å². The fraction of sp³-hybridized carbons (Fsp3) is 0.733. The van der Waals surface area contributed by atoms with Crippen molar-refractivity contribution in [1.29, 1.82) is 0 Å². The van der Waals surface area contributed by atoms with E-state index in [1.54, 1.807) is 0 Å². The molecule has 0 rings (SSSR count). The Hall–Kier alpha value is -0.600. The first kappa shape index (κ1) is 16.4. The van der Waals surface area contributed by atoms with E-state index in [9.17, 15) is 0 Å². The standard InChI is InChI=1S/C15H28O2/c1-4-5-11-17-12-7-9-15(8-6-10-16)13-14(2)3/h4-5,7,9,14-16H,6,8,10-13H2,1-3H3/b5-4+,9-7+/t15-/m1/s1. The Morgan fingerprint density at radius 2 is 1.88 bits per heavy atom. The Bertz CT molecular complexity index is 207. The molecule has 0 unspecified atom stereocenters. The van der Waals surface area contributed by atoms with E-state index in [1.165, 1.54) is 6.42 Å². The van der Waals surface area contributed by atoms with Gasteiger partial charge in [0, 0.05) is 6.61 Å². The third-order valence-corrected chi connectivity index (χ3v) is 2.58. The SMILES string of the molecule is C/C=C/COC/C=C/[C@@H](CCCO)CC(C)C. The molecule has 0 amide bonds. The van der Waals surface area contributed by atoms with Gasteiger partial charge in [-0.05, 0) is 38.0 Å². The molecule has 2 nitrogen and oxygen atoms in total. The van der Waals surface area contributed by atoms with Crippen molar-refractivity contribution in [3.05, 3.63) is 24.3 Å². The molecule has 1 atom stereocenters. The molecule has 0 radical (unpaired) electrons. The molecule has 0 aromatic rings. The second-order valence-electron chi connectivity index (χ2n) is 4.79. The van der Waals surface area contributed by atoms with Gasteiger partial charge in [-0.15, -0.1) is 0 Å². The van der Waals surface area contributed by atoms with Gasteiger partial charge in [-0.2, -0.15) is 0 Å². The summed E-state index contributed by atoms with van der Waals surface area (Å²) in [6.45, 7) is 8.13. The monoisotopic (exact) mass is 240 g/mol. The second kappa shape index (κ2) is 11.9. The van der Waals surface area contributed by atoms with E-state index in [0.29, 0.717) is 31.7 Å². The van der Waals surface area contributed by atoms with Crippen molar-refractivity contribution in [3.8, 4) is 0 Å². The smallest absolute Gasteiger partial charge is 0.0651 e. The Kier molecular flexibility index (Phi) is 11.5. The maximum absolute atomic E-state index is 8.86. The van der Waals surface area contributed by atoms with E-state index in [4.69, 9.17) is 9.84 Å². The predicted octanol–water partition coefficient (Wildman–Crippen LogP) is 3.57. The lowest BCUT2D eigenvalue weighted by molar-refractivity contribution is 0.193. The van der Waals surface area contributed by atoms with E-state index in [2.05, 4.69) is 26.0 Å². The fourth-order valence-electron chi connectivity index (χ4n) is 1.80. The molecule has 0 aliphatic rings. The minimum Gasteiger partial charge on any atom is -0.396 e. The van der Waals surface area contributed by atoms with Crippen molar-refractivity contribution in [2.45, 2.75) is 40.0 Å². The molecule has 0 aliphatic heterocycles. The maximum Gasteiger partial charge on any atom is 0.0651 e. The highest BCUT2D eigenvalue weighted by molar-refractivity contribution is 4.89. The van der Waals surface area contributed by atoms with Crippen LogP contribution >= 0.6 is 0 Å². The summed E-state index contributed by atoms with van der Waals surface area (Å²) in [5.74, 6) is 1.28. The van der Waals surface area contributed by atoms with Crippen LogP contribution in [0.4, 0.5) is 0 Å². The minimum atomic E-state index is 0.292. The molecule has 0 aliphatic carbocycles. The highest BCUT2D eigenvalue weighted by Crippen LogP contribution is 2.18. The molecule has 2 heteroatoms. The average Bonchev–Trinajstić information content (AvgIpc) is 2.29. The van der Waals surface area contributed by atoms with Crippen molar-refractivity contribution in [1.82, 2.24) is 0 Å². The molecule has 1 N–H and O–H groups in total. The van der Waals surface area contributed by atoms with Gasteiger partial charge in [0.1, 0.15) is 0 Å². The molecule has 0 heterocycles. The summed E-state index contributed by atoms with van der Waals surface area (Å²) in [6.07, 6.45) is 11.5. The summed E-state index contributed by atoms with van der Waals surface area (Å²) in [5.41, 5.74) is 0. The third-order valence-electron chi connectivity index (χ3n) is 2.58. The largest absolute Gasteiger partial charge is 0.396 e. The first-order valence-corrected chi connectivity index (χ1v) is 6.67. The van der Waals surface area contributed by atoms with Crippen molar-refractivity contribution in [3.63, 3.8) is 0 Å². The van der Waals surface area contributed by atoms with Crippen LogP contribution in [0.25, 0.3) is 0 Å². The topological polar surface area (TPSA) is 29.5 Å². The summed E-state index contributed by atoms with van der Waals surface area (Å²) in [4.78, 5) is 0. The Morgan fingerprint density at radius 3 is 2.47 bits per heavy atom. The van der Waals surface area contributed by atoms with Crippen LogP contribution in [0.2, 0.25) is 0 Å². The van der Waals surface area contributed by atoms with E-state index >= 15 is 0 Å². The zero-order valence-corrected chi connectivity index (χ0v) is 11.6. The van der Waals surface area contributed by atoms with Gasteiger partial charge in [-0.3, -0.25) is 0 Å². The van der Waals surface area contributed by atoms with Crippen molar-refractivity contribution >= 4 is 0 Å². The van der Waals surface area contributed by atoms with Crippen LogP contribution in [0.3, 0.4) is 0 Å². The zero-order chi connectivity index (χ0) is 12.9. The molecule has 0 spiro atoms. The van der Waals surface area contributed by atoms with Crippen LogP contribution < -0.4 is 0 Å². The minimum absolute atomic E-state index is 0.292. The van der Waals surface area contributed by atoms with Gasteiger partial charge in [0.25, 0.3) is 0 Å². The molecular weight excluding hydrogens is 212 g/mol. The second-order valence-corrected chi connectivity index (χ2v) is 4.79. The number of allylic oxidation sites excluding steroid dienone is 2. The molecule has 0 saturated heterocycles. The van der Waals surface area contributed by atoms with Crippen molar-refractivity contribution < 1.29 is 9.84 Å². The average molecular weight is 240 g/mol. The van der Waals surface area contributed by atoms with Gasteiger partial charge in [-0.1, -0.05) is 38.2 Å². The summed E-state index contributed by atoms with van der Waals surface area (Å²) < 4.78 is 5.41. The molecule has 0 saturated carbocycles. The normalized spacial score (nSPS) is 14.2. The van der Waals surface area contributed by atoms with E-state index in [0.717, 1.165) is 12.8 Å². The van der Waals surface area contributed by atoms with E-state index < -0.39 is 0 Å². The van der Waals surface area contributed by atoms with E-state index in [-0.39, 0.29) is 0 Å². The summed E-state index contributed by atoms with van der Waals surface area (Å²) in [7, 11) is 0. The number of hydrogen-bond acceptors (Lipinski definition) is 2. The molecule has 0 fully saturated rings. The Morgan fingerprint density at radius 1 is 1.18 bits per heavy atom. The van der Waals surface area contributed by atoms with E-state index in [1.807, 2.05) is 19.1 Å². The van der Waals surface area contributed by atoms with Gasteiger partial charge in [0.15, 0.2) is 0 Å². The van der Waals surface area contributed by atoms with Gasteiger partial charge in [0.2, 0.25) is 0 Å². The Labute approximate surface area is 106 Å². The van der Waals surface area contributed by atoms with Gasteiger partial charge < -0.3 is 9.84 Å². The van der Waals surface area contributed by atoms with Crippen LogP contribution in [0.5, 0.6) is 0 Å². The fourth-order valence-corrected chi connectivity index (χ4v) is 1.80. The highest BCUT2D eigenvalue weighted by atomic mass is 16.5. The predicted molar refractivity (Wildman–Crippen MR) is 74.0 cm³/mol. The molecule has 0 bridgehead atoms. The first-order chi connectivity index (χ1) is 8.20. The lowest BCUT2D eigenvalue weighted by atomic mass is 9.92. The molecular formula is C15H28O2. The van der Waals surface area contributed by atoms with Gasteiger partial charge in [0.05, 0.1) is 13.2 Å². The summed E-state index contributed by atoms with van der Waals surface area (Å²) in [6, 6.07) is 0. The van der Waals surface area contributed by atoms with Crippen LogP contribution in [0.1, 0.15) is 40.0 Å². The van der Waals surface area contributed by atoms with Crippen LogP contribution in [0.15, 0.2) is 24.3 Å². The number of aliphatic hydroxyl groups excluding tert-OH is 1. The zero-order valence-electron chi connectivity index (χ0n) is 11.6. The number of rotatable bonds is 10. The summed E-state index contributed by atoms with van der Waals surface area (Å²) in [5, 5.41) is 8.86. The lowest BCUT2D eigenvalue weighted by Gasteiger charge is -2.14. The number of aliphatic hydroxyl groups is 1. The first-order valence-electron chi connectivity index (χ1n) is 6.67. The third kappa shape index (κ3) is 11.7. The molecule has 0 aromatic carbocycles. The molecule has 100 valence electrons.